The number of nitrogens with one attached hydrogen (secondary N) is 1. The standard InChI is InChI=1S/C29H30F3N5O3/c1-4-40-28(39)37-8-6-29(37)5-7-36(16-29)26-21(20-11-23(30)25(32)24(31)12-20)14-33-15-22(26)27(38)34-13-19-9-17(2)35-18(3)10-19/h9-12,14-15H,4-8,13,16H2,1-3H3,(H,34,38). The first-order valence-electron chi connectivity index (χ1n) is 13.2. The molecule has 3 aromatic rings. The van der Waals surface area contributed by atoms with Gasteiger partial charge in [-0.15, -0.1) is 0 Å². The summed E-state index contributed by atoms with van der Waals surface area (Å²) >= 11 is 0. The molecule has 1 atom stereocenters. The molecule has 0 aliphatic carbocycles. The fourth-order valence-electron chi connectivity index (χ4n) is 5.68. The van der Waals surface area contributed by atoms with Crippen molar-refractivity contribution in [2.24, 2.45) is 0 Å². The first-order chi connectivity index (χ1) is 19.1. The molecule has 2 saturated heterocycles. The van der Waals surface area contributed by atoms with E-state index in [0.29, 0.717) is 31.7 Å². The maximum absolute atomic E-state index is 14.3. The highest BCUT2D eigenvalue weighted by Crippen LogP contribution is 2.44. The Morgan fingerprint density at radius 1 is 1.02 bits per heavy atom. The van der Waals surface area contributed by atoms with Crippen LogP contribution in [0.25, 0.3) is 11.1 Å². The minimum Gasteiger partial charge on any atom is -0.450 e. The number of benzene rings is 1. The van der Waals surface area contributed by atoms with Crippen LogP contribution < -0.4 is 10.2 Å². The number of halogens is 3. The fraction of sp³-hybridized carbons (Fsp3) is 0.379. The Morgan fingerprint density at radius 2 is 1.70 bits per heavy atom. The molecule has 40 heavy (non-hydrogen) atoms. The third kappa shape index (κ3) is 5.07. The van der Waals surface area contributed by atoms with Crippen LogP contribution in [0.3, 0.4) is 0 Å². The summed E-state index contributed by atoms with van der Waals surface area (Å²) in [5.41, 5.74) is 2.96. The molecular weight excluding hydrogens is 523 g/mol. The molecular formula is C29H30F3N5O3. The Labute approximate surface area is 230 Å². The molecule has 5 rings (SSSR count). The van der Waals surface area contributed by atoms with E-state index in [2.05, 4.69) is 15.3 Å². The Balaban J connectivity index is 1.52. The number of ether oxygens (including phenoxy) is 1. The monoisotopic (exact) mass is 553 g/mol. The van der Waals surface area contributed by atoms with Crippen LogP contribution >= 0.6 is 0 Å². The van der Waals surface area contributed by atoms with Crippen LogP contribution in [0.5, 0.6) is 0 Å². The van der Waals surface area contributed by atoms with Crippen LogP contribution in [0.15, 0.2) is 36.7 Å². The second-order valence-electron chi connectivity index (χ2n) is 10.3. The number of carbonyl (C=O) groups is 2. The molecule has 1 spiro atoms. The molecule has 210 valence electrons. The first kappa shape index (κ1) is 27.4. The lowest BCUT2D eigenvalue weighted by Crippen LogP contribution is -2.63. The van der Waals surface area contributed by atoms with Crippen molar-refractivity contribution in [1.29, 1.82) is 0 Å². The lowest BCUT2D eigenvalue weighted by Gasteiger charge is -2.49. The van der Waals surface area contributed by atoms with E-state index >= 15 is 0 Å². The summed E-state index contributed by atoms with van der Waals surface area (Å²) in [6, 6.07) is 5.53. The number of hydrogen-bond donors (Lipinski definition) is 1. The minimum atomic E-state index is -1.57. The van der Waals surface area contributed by atoms with Gasteiger partial charge >= 0.3 is 6.09 Å². The summed E-state index contributed by atoms with van der Waals surface area (Å²) in [6.07, 6.45) is 3.79. The zero-order chi connectivity index (χ0) is 28.6. The van der Waals surface area contributed by atoms with Crippen molar-refractivity contribution in [2.45, 2.75) is 45.7 Å². The lowest BCUT2D eigenvalue weighted by atomic mass is 9.84. The summed E-state index contributed by atoms with van der Waals surface area (Å²) in [7, 11) is 0. The topological polar surface area (TPSA) is 87.7 Å². The Bertz CT molecular complexity index is 1440. The molecule has 0 bridgehead atoms. The molecule has 1 aromatic carbocycles. The van der Waals surface area contributed by atoms with E-state index in [9.17, 15) is 22.8 Å². The molecule has 2 fully saturated rings. The summed E-state index contributed by atoms with van der Waals surface area (Å²) in [4.78, 5) is 38.3. The maximum atomic E-state index is 14.3. The van der Waals surface area contributed by atoms with Crippen LogP contribution in [0.4, 0.5) is 23.7 Å². The van der Waals surface area contributed by atoms with E-state index in [1.54, 1.807) is 11.8 Å². The molecule has 2 aromatic heterocycles. The van der Waals surface area contributed by atoms with Crippen molar-refractivity contribution in [2.75, 3.05) is 31.1 Å². The number of aryl methyl sites for hydroxylation is 2. The molecule has 2 aliphatic rings. The van der Waals surface area contributed by atoms with Crippen LogP contribution in [0.2, 0.25) is 0 Å². The second-order valence-corrected chi connectivity index (χ2v) is 10.3. The van der Waals surface area contributed by atoms with Crippen molar-refractivity contribution in [3.8, 4) is 11.1 Å². The van der Waals surface area contributed by atoms with Crippen molar-refractivity contribution in [3.05, 3.63) is 76.6 Å². The molecule has 0 radical (unpaired) electrons. The SMILES string of the molecule is CCOC(=O)N1CCC12CCN(c1c(C(=O)NCc3cc(C)nc(C)c3)cncc1-c1cc(F)c(F)c(F)c1)C2. The fourth-order valence-corrected chi connectivity index (χ4v) is 5.68. The number of rotatable bonds is 6. The molecule has 4 heterocycles. The van der Waals surface area contributed by atoms with Crippen LogP contribution in [0.1, 0.15) is 47.1 Å². The van der Waals surface area contributed by atoms with E-state index in [4.69, 9.17) is 4.74 Å². The largest absolute Gasteiger partial charge is 0.450 e. The highest BCUT2D eigenvalue weighted by Gasteiger charge is 2.52. The van der Waals surface area contributed by atoms with E-state index < -0.39 is 35.0 Å². The molecule has 8 nitrogen and oxygen atoms in total. The van der Waals surface area contributed by atoms with Gasteiger partial charge in [-0.05, 0) is 69.0 Å². The van der Waals surface area contributed by atoms with E-state index in [0.717, 1.165) is 35.5 Å². The van der Waals surface area contributed by atoms with Gasteiger partial charge in [-0.1, -0.05) is 0 Å². The van der Waals surface area contributed by atoms with Gasteiger partial charge in [0.2, 0.25) is 0 Å². The molecule has 2 amide bonds. The number of hydrogen-bond acceptors (Lipinski definition) is 6. The van der Waals surface area contributed by atoms with Gasteiger partial charge in [0.25, 0.3) is 5.91 Å². The van der Waals surface area contributed by atoms with Crippen molar-refractivity contribution < 1.29 is 27.5 Å². The van der Waals surface area contributed by atoms with Gasteiger partial charge in [0, 0.05) is 55.5 Å². The third-order valence-corrected chi connectivity index (χ3v) is 7.56. The number of anilines is 1. The first-order valence-corrected chi connectivity index (χ1v) is 13.2. The average molecular weight is 554 g/mol. The summed E-state index contributed by atoms with van der Waals surface area (Å²) < 4.78 is 47.6. The number of nitrogens with zero attached hydrogens (tertiary/aromatic N) is 4. The van der Waals surface area contributed by atoms with E-state index in [-0.39, 0.29) is 29.8 Å². The third-order valence-electron chi connectivity index (χ3n) is 7.56. The van der Waals surface area contributed by atoms with Gasteiger partial charge in [0.1, 0.15) is 0 Å². The van der Waals surface area contributed by atoms with Crippen molar-refractivity contribution >= 4 is 17.7 Å². The summed E-state index contributed by atoms with van der Waals surface area (Å²) in [5.74, 6) is -4.69. The summed E-state index contributed by atoms with van der Waals surface area (Å²) in [5, 5.41) is 2.91. The van der Waals surface area contributed by atoms with E-state index in [1.165, 1.54) is 12.4 Å². The quantitative estimate of drug-likeness (QED) is 0.436. The highest BCUT2D eigenvalue weighted by molar-refractivity contribution is 6.03. The Morgan fingerprint density at radius 3 is 2.33 bits per heavy atom. The van der Waals surface area contributed by atoms with Crippen molar-refractivity contribution in [3.63, 3.8) is 0 Å². The molecule has 11 heteroatoms. The smallest absolute Gasteiger partial charge is 0.410 e. The predicted molar refractivity (Wildman–Crippen MR) is 142 cm³/mol. The number of aromatic nitrogens is 2. The number of amides is 2. The van der Waals surface area contributed by atoms with Gasteiger partial charge in [0.15, 0.2) is 17.5 Å². The van der Waals surface area contributed by atoms with Crippen LogP contribution in [-0.2, 0) is 11.3 Å². The molecule has 0 saturated carbocycles. The Kier molecular flexibility index (Phi) is 7.39. The number of carbonyl (C=O) groups excluding carboxylic acids is 2. The lowest BCUT2D eigenvalue weighted by molar-refractivity contribution is -0.000397. The van der Waals surface area contributed by atoms with Gasteiger partial charge in [-0.3, -0.25) is 14.8 Å². The maximum Gasteiger partial charge on any atom is 0.410 e. The van der Waals surface area contributed by atoms with Gasteiger partial charge < -0.3 is 19.9 Å². The van der Waals surface area contributed by atoms with E-state index in [1.807, 2.05) is 30.9 Å². The Hall–Kier alpha value is -4.15. The molecule has 1 N–H and O–H groups in total. The summed E-state index contributed by atoms with van der Waals surface area (Å²) in [6.45, 7) is 7.39. The molecule has 2 aliphatic heterocycles. The number of likely N-dealkylation sites (tertiary alicyclic amines) is 1. The zero-order valence-electron chi connectivity index (χ0n) is 22.6. The second kappa shape index (κ2) is 10.8. The highest BCUT2D eigenvalue weighted by atomic mass is 19.2. The van der Waals surface area contributed by atoms with Crippen molar-refractivity contribution in [1.82, 2.24) is 20.2 Å². The number of pyridine rings is 2. The van der Waals surface area contributed by atoms with Gasteiger partial charge in [-0.25, -0.2) is 18.0 Å². The van der Waals surface area contributed by atoms with Gasteiger partial charge in [0.05, 0.1) is 23.4 Å². The van der Waals surface area contributed by atoms with Crippen LogP contribution in [-0.4, -0.2) is 58.6 Å². The van der Waals surface area contributed by atoms with Gasteiger partial charge in [-0.2, -0.15) is 0 Å². The van der Waals surface area contributed by atoms with Crippen LogP contribution in [0, 0.1) is 31.3 Å². The zero-order valence-corrected chi connectivity index (χ0v) is 22.6. The normalized spacial score (nSPS) is 18.1. The molecule has 1 unspecified atom stereocenters. The minimum absolute atomic E-state index is 0.0470. The average Bonchev–Trinajstić information content (AvgIpc) is 3.36. The predicted octanol–water partition coefficient (Wildman–Crippen LogP) is 4.92.